The third kappa shape index (κ3) is 3.20. The highest BCUT2D eigenvalue weighted by molar-refractivity contribution is 7.89. The number of sulfonamides is 1. The first-order chi connectivity index (χ1) is 11.4. The minimum atomic E-state index is -3.64. The van der Waals surface area contributed by atoms with Gasteiger partial charge in [-0.25, -0.2) is 13.1 Å². The summed E-state index contributed by atoms with van der Waals surface area (Å²) in [5.74, 6) is -0.0869. The van der Waals surface area contributed by atoms with E-state index in [0.717, 1.165) is 17.8 Å². The average molecular weight is 344 g/mol. The van der Waals surface area contributed by atoms with Crippen molar-refractivity contribution in [2.75, 3.05) is 18.5 Å². The van der Waals surface area contributed by atoms with Crippen LogP contribution >= 0.6 is 0 Å². The molecule has 2 aromatic carbocycles. The van der Waals surface area contributed by atoms with Crippen molar-refractivity contribution < 1.29 is 13.2 Å². The molecule has 0 saturated heterocycles. The first kappa shape index (κ1) is 16.7. The molecule has 0 radical (unpaired) electrons. The Hall–Kier alpha value is -2.18. The Kier molecular flexibility index (Phi) is 4.43. The molecule has 1 N–H and O–H groups in total. The average Bonchev–Trinajstić information content (AvgIpc) is 2.58. The number of hydrogen-bond donors (Lipinski definition) is 1. The van der Waals surface area contributed by atoms with E-state index in [1.54, 1.807) is 12.1 Å². The highest BCUT2D eigenvalue weighted by atomic mass is 32.2. The summed E-state index contributed by atoms with van der Waals surface area (Å²) in [7, 11) is -1.64. The van der Waals surface area contributed by atoms with Crippen molar-refractivity contribution in [2.45, 2.75) is 24.3 Å². The molecule has 0 amide bonds. The molecule has 2 aromatic rings. The van der Waals surface area contributed by atoms with Crippen LogP contribution in [0.2, 0.25) is 0 Å². The minimum absolute atomic E-state index is 0.0869. The molecule has 0 aromatic heterocycles. The molecule has 126 valence electrons. The molecule has 1 aliphatic rings. The van der Waals surface area contributed by atoms with E-state index in [-0.39, 0.29) is 16.7 Å². The number of carbonyl (C=O) groups excluding carboxylic acids is 1. The number of benzene rings is 2. The van der Waals surface area contributed by atoms with E-state index in [2.05, 4.69) is 9.62 Å². The summed E-state index contributed by atoms with van der Waals surface area (Å²) >= 11 is 0. The van der Waals surface area contributed by atoms with Gasteiger partial charge in [-0.3, -0.25) is 4.79 Å². The lowest BCUT2D eigenvalue weighted by atomic mass is 9.98. The molecule has 0 spiro atoms. The monoisotopic (exact) mass is 344 g/mol. The molecular weight excluding hydrogens is 324 g/mol. The van der Waals surface area contributed by atoms with E-state index < -0.39 is 10.0 Å². The van der Waals surface area contributed by atoms with Crippen LogP contribution < -0.4 is 9.62 Å². The maximum absolute atomic E-state index is 12.7. The summed E-state index contributed by atoms with van der Waals surface area (Å²) in [6, 6.07) is 13.6. The van der Waals surface area contributed by atoms with Crippen molar-refractivity contribution in [3.63, 3.8) is 0 Å². The van der Waals surface area contributed by atoms with Crippen LogP contribution in [0.25, 0.3) is 0 Å². The molecular formula is C18H20N2O3S. The normalized spacial score (nSPS) is 17.4. The van der Waals surface area contributed by atoms with Crippen LogP contribution in [-0.2, 0) is 10.0 Å². The Morgan fingerprint density at radius 1 is 1.12 bits per heavy atom. The molecule has 1 unspecified atom stereocenters. The number of rotatable bonds is 4. The van der Waals surface area contributed by atoms with Crippen LogP contribution in [0.5, 0.6) is 0 Å². The van der Waals surface area contributed by atoms with Gasteiger partial charge in [0.25, 0.3) is 0 Å². The molecule has 5 nitrogen and oxygen atoms in total. The Morgan fingerprint density at radius 3 is 2.46 bits per heavy atom. The highest BCUT2D eigenvalue weighted by Crippen LogP contribution is 2.33. The predicted molar refractivity (Wildman–Crippen MR) is 93.8 cm³/mol. The Morgan fingerprint density at radius 2 is 1.79 bits per heavy atom. The first-order valence-electron chi connectivity index (χ1n) is 7.82. The SMILES string of the molecule is CC(=O)c1ccc(S(=O)(=O)NC2CCN(C)c3ccccc32)cc1. The van der Waals surface area contributed by atoms with Crippen molar-refractivity contribution >= 4 is 21.5 Å². The van der Waals surface area contributed by atoms with Crippen molar-refractivity contribution in [3.05, 3.63) is 59.7 Å². The van der Waals surface area contributed by atoms with Crippen LogP contribution in [0.15, 0.2) is 53.4 Å². The zero-order chi connectivity index (χ0) is 17.3. The molecule has 1 atom stereocenters. The smallest absolute Gasteiger partial charge is 0.241 e. The minimum Gasteiger partial charge on any atom is -0.374 e. The standard InChI is InChI=1S/C18H20N2O3S/c1-13(21)14-7-9-15(10-8-14)24(22,23)19-17-11-12-20(2)18-6-4-3-5-16(17)18/h3-10,17,19H,11-12H2,1-2H3. The third-order valence-corrected chi connectivity index (χ3v) is 5.83. The zero-order valence-corrected chi connectivity index (χ0v) is 14.5. The number of carbonyl (C=O) groups is 1. The molecule has 24 heavy (non-hydrogen) atoms. The van der Waals surface area contributed by atoms with Gasteiger partial charge < -0.3 is 4.90 Å². The van der Waals surface area contributed by atoms with Gasteiger partial charge in [0.1, 0.15) is 0 Å². The second kappa shape index (κ2) is 6.37. The van der Waals surface area contributed by atoms with Gasteiger partial charge in [-0.1, -0.05) is 30.3 Å². The number of fused-ring (bicyclic) bond motifs is 1. The molecule has 0 bridgehead atoms. The zero-order valence-electron chi connectivity index (χ0n) is 13.7. The number of hydrogen-bond acceptors (Lipinski definition) is 4. The second-order valence-corrected chi connectivity index (χ2v) is 7.74. The maximum Gasteiger partial charge on any atom is 0.241 e. The summed E-state index contributed by atoms with van der Waals surface area (Å²) in [6.45, 7) is 2.24. The van der Waals surface area contributed by atoms with E-state index in [1.807, 2.05) is 31.3 Å². The fourth-order valence-corrected chi connectivity index (χ4v) is 4.22. The van der Waals surface area contributed by atoms with Crippen LogP contribution in [0.1, 0.15) is 35.3 Å². The van der Waals surface area contributed by atoms with Gasteiger partial charge in [0, 0.05) is 24.8 Å². The Bertz CT molecular complexity index is 860. The number of para-hydroxylation sites is 1. The number of nitrogens with one attached hydrogen (secondary N) is 1. The topological polar surface area (TPSA) is 66.5 Å². The van der Waals surface area contributed by atoms with Crippen LogP contribution in [0, 0.1) is 0 Å². The number of anilines is 1. The fourth-order valence-electron chi connectivity index (χ4n) is 2.98. The summed E-state index contributed by atoms with van der Waals surface area (Å²) in [4.78, 5) is 13.6. The summed E-state index contributed by atoms with van der Waals surface area (Å²) in [5, 5.41) is 0. The molecule has 6 heteroatoms. The lowest BCUT2D eigenvalue weighted by molar-refractivity contribution is 0.101. The summed E-state index contributed by atoms with van der Waals surface area (Å²) in [6.07, 6.45) is 0.707. The van der Waals surface area contributed by atoms with Gasteiger partial charge >= 0.3 is 0 Å². The van der Waals surface area contributed by atoms with Crippen LogP contribution in [-0.4, -0.2) is 27.8 Å². The van der Waals surface area contributed by atoms with Gasteiger partial charge in [0.2, 0.25) is 10.0 Å². The molecule has 0 fully saturated rings. The van der Waals surface area contributed by atoms with Gasteiger partial charge in [-0.2, -0.15) is 0 Å². The van der Waals surface area contributed by atoms with E-state index in [4.69, 9.17) is 0 Å². The van der Waals surface area contributed by atoms with Crippen LogP contribution in [0.3, 0.4) is 0 Å². The Labute approximate surface area is 142 Å². The van der Waals surface area contributed by atoms with Gasteiger partial charge in [0.05, 0.1) is 10.9 Å². The predicted octanol–water partition coefficient (Wildman–Crippen LogP) is 2.75. The van der Waals surface area contributed by atoms with E-state index >= 15 is 0 Å². The van der Waals surface area contributed by atoms with Crippen molar-refractivity contribution in [3.8, 4) is 0 Å². The van der Waals surface area contributed by atoms with E-state index in [9.17, 15) is 13.2 Å². The molecule has 0 saturated carbocycles. The molecule has 3 rings (SSSR count). The number of ketones is 1. The number of nitrogens with zero attached hydrogens (tertiary/aromatic N) is 1. The fraction of sp³-hybridized carbons (Fsp3) is 0.278. The maximum atomic E-state index is 12.7. The molecule has 0 aliphatic carbocycles. The quantitative estimate of drug-likeness (QED) is 0.866. The van der Waals surface area contributed by atoms with Gasteiger partial charge in [-0.05, 0) is 37.1 Å². The number of Topliss-reactive ketones (excluding diaryl/α,β-unsaturated/α-hetero) is 1. The van der Waals surface area contributed by atoms with Crippen molar-refractivity contribution in [1.29, 1.82) is 0 Å². The van der Waals surface area contributed by atoms with E-state index in [1.165, 1.54) is 19.1 Å². The van der Waals surface area contributed by atoms with Crippen LogP contribution in [0.4, 0.5) is 5.69 Å². The third-order valence-electron chi connectivity index (χ3n) is 4.35. The van der Waals surface area contributed by atoms with Gasteiger partial charge in [-0.15, -0.1) is 0 Å². The van der Waals surface area contributed by atoms with Crippen molar-refractivity contribution in [2.24, 2.45) is 0 Å². The van der Waals surface area contributed by atoms with Gasteiger partial charge in [0.15, 0.2) is 5.78 Å². The summed E-state index contributed by atoms with van der Waals surface area (Å²) < 4.78 is 28.1. The Balaban J connectivity index is 1.87. The lowest BCUT2D eigenvalue weighted by Gasteiger charge is -2.33. The molecule has 1 heterocycles. The second-order valence-electron chi connectivity index (χ2n) is 6.02. The summed E-state index contributed by atoms with van der Waals surface area (Å²) in [5.41, 5.74) is 2.53. The lowest BCUT2D eigenvalue weighted by Crippen LogP contribution is -2.36. The first-order valence-corrected chi connectivity index (χ1v) is 9.30. The largest absolute Gasteiger partial charge is 0.374 e. The van der Waals surface area contributed by atoms with E-state index in [0.29, 0.717) is 12.0 Å². The highest BCUT2D eigenvalue weighted by Gasteiger charge is 2.27. The van der Waals surface area contributed by atoms with Crippen molar-refractivity contribution in [1.82, 2.24) is 4.72 Å². The molecule has 1 aliphatic heterocycles.